The second-order valence-electron chi connectivity index (χ2n) is 5.59. The van der Waals surface area contributed by atoms with E-state index in [2.05, 4.69) is 17.1 Å². The van der Waals surface area contributed by atoms with E-state index in [1.54, 1.807) is 0 Å². The summed E-state index contributed by atoms with van der Waals surface area (Å²) in [6, 6.07) is 0.903. The largest absolute Gasteiger partial charge is 0.316 e. The molecule has 2 aliphatic rings. The van der Waals surface area contributed by atoms with Crippen LogP contribution in [-0.4, -0.2) is 37.1 Å². The highest BCUT2D eigenvalue weighted by molar-refractivity contribution is 4.79. The molecule has 2 nitrogen and oxygen atoms in total. The molecule has 1 N–H and O–H groups in total. The quantitative estimate of drug-likeness (QED) is 0.790. The Kier molecular flexibility index (Phi) is 5.11. The van der Waals surface area contributed by atoms with Crippen molar-refractivity contribution in [2.45, 2.75) is 57.9 Å². The standard InChI is InChI=1S/C14H28N2/c1-2-16(14-8-4-3-5-9-14)12-13-7-6-10-15-11-13/h13-15H,2-12H2,1H3/t13-/m0/s1. The van der Waals surface area contributed by atoms with Crippen LogP contribution in [0, 0.1) is 5.92 Å². The van der Waals surface area contributed by atoms with Gasteiger partial charge in [0.15, 0.2) is 0 Å². The molecule has 2 heteroatoms. The molecule has 0 spiro atoms. The van der Waals surface area contributed by atoms with Gasteiger partial charge in [-0.3, -0.25) is 0 Å². The number of hydrogen-bond acceptors (Lipinski definition) is 2. The van der Waals surface area contributed by atoms with E-state index >= 15 is 0 Å². The second kappa shape index (κ2) is 6.61. The minimum absolute atomic E-state index is 0.903. The van der Waals surface area contributed by atoms with Gasteiger partial charge in [0, 0.05) is 12.6 Å². The second-order valence-corrected chi connectivity index (χ2v) is 5.59. The van der Waals surface area contributed by atoms with E-state index in [1.165, 1.54) is 71.1 Å². The van der Waals surface area contributed by atoms with Gasteiger partial charge in [0.1, 0.15) is 0 Å². The number of nitrogens with zero attached hydrogens (tertiary/aromatic N) is 1. The van der Waals surface area contributed by atoms with Crippen molar-refractivity contribution >= 4 is 0 Å². The molecule has 0 amide bonds. The number of hydrogen-bond donors (Lipinski definition) is 1. The van der Waals surface area contributed by atoms with Gasteiger partial charge in [-0.25, -0.2) is 0 Å². The third kappa shape index (κ3) is 3.46. The molecule has 0 aromatic heterocycles. The van der Waals surface area contributed by atoms with E-state index in [0.29, 0.717) is 0 Å². The summed E-state index contributed by atoms with van der Waals surface area (Å²) >= 11 is 0. The lowest BCUT2D eigenvalue weighted by Crippen LogP contribution is -2.43. The van der Waals surface area contributed by atoms with Crippen molar-refractivity contribution in [1.29, 1.82) is 0 Å². The van der Waals surface area contributed by atoms with Crippen LogP contribution in [-0.2, 0) is 0 Å². The number of rotatable bonds is 4. The van der Waals surface area contributed by atoms with Crippen LogP contribution in [0.4, 0.5) is 0 Å². The molecule has 1 saturated heterocycles. The third-order valence-corrected chi connectivity index (χ3v) is 4.39. The van der Waals surface area contributed by atoms with E-state index in [0.717, 1.165) is 12.0 Å². The summed E-state index contributed by atoms with van der Waals surface area (Å²) in [7, 11) is 0. The maximum absolute atomic E-state index is 3.54. The average Bonchev–Trinajstić information content (AvgIpc) is 2.38. The Morgan fingerprint density at radius 3 is 2.50 bits per heavy atom. The van der Waals surface area contributed by atoms with Crippen LogP contribution in [0.3, 0.4) is 0 Å². The highest BCUT2D eigenvalue weighted by Gasteiger charge is 2.23. The molecule has 0 aromatic rings. The fraction of sp³-hybridized carbons (Fsp3) is 1.00. The predicted octanol–water partition coefficient (Wildman–Crippen LogP) is 2.64. The first-order chi connectivity index (χ1) is 7.90. The van der Waals surface area contributed by atoms with Crippen LogP contribution < -0.4 is 5.32 Å². The molecule has 1 saturated carbocycles. The summed E-state index contributed by atoms with van der Waals surface area (Å²) in [6.45, 7) is 7.43. The zero-order valence-corrected chi connectivity index (χ0v) is 10.9. The van der Waals surface area contributed by atoms with Crippen molar-refractivity contribution in [1.82, 2.24) is 10.2 Å². The predicted molar refractivity (Wildman–Crippen MR) is 69.7 cm³/mol. The molecule has 0 radical (unpaired) electrons. The molecule has 1 aliphatic carbocycles. The highest BCUT2D eigenvalue weighted by Crippen LogP contribution is 2.24. The summed E-state index contributed by atoms with van der Waals surface area (Å²) in [5.74, 6) is 0.913. The Hall–Kier alpha value is -0.0800. The van der Waals surface area contributed by atoms with Crippen molar-refractivity contribution in [3.8, 4) is 0 Å². The highest BCUT2D eigenvalue weighted by atomic mass is 15.2. The molecule has 94 valence electrons. The summed E-state index contributed by atoms with van der Waals surface area (Å²) in [6.07, 6.45) is 10.1. The summed E-state index contributed by atoms with van der Waals surface area (Å²) in [5, 5.41) is 3.54. The van der Waals surface area contributed by atoms with Gasteiger partial charge in [-0.1, -0.05) is 26.2 Å². The first-order valence-electron chi connectivity index (χ1n) is 7.35. The molecule has 2 fully saturated rings. The lowest BCUT2D eigenvalue weighted by molar-refractivity contribution is 0.131. The van der Waals surface area contributed by atoms with Crippen LogP contribution in [0.2, 0.25) is 0 Å². The van der Waals surface area contributed by atoms with E-state index < -0.39 is 0 Å². The van der Waals surface area contributed by atoms with Gasteiger partial charge < -0.3 is 10.2 Å². The molecule has 1 aliphatic heterocycles. The Labute approximate surface area is 101 Å². The summed E-state index contributed by atoms with van der Waals surface area (Å²) < 4.78 is 0. The fourth-order valence-electron chi connectivity index (χ4n) is 3.39. The van der Waals surface area contributed by atoms with Gasteiger partial charge in [-0.05, 0) is 51.2 Å². The van der Waals surface area contributed by atoms with Crippen molar-refractivity contribution in [2.24, 2.45) is 5.92 Å². The van der Waals surface area contributed by atoms with Crippen LogP contribution in [0.15, 0.2) is 0 Å². The smallest absolute Gasteiger partial charge is 0.00952 e. The van der Waals surface area contributed by atoms with Crippen LogP contribution in [0.25, 0.3) is 0 Å². The Morgan fingerprint density at radius 2 is 1.88 bits per heavy atom. The topological polar surface area (TPSA) is 15.3 Å². The van der Waals surface area contributed by atoms with Gasteiger partial charge >= 0.3 is 0 Å². The Bertz CT molecular complexity index is 181. The Balaban J connectivity index is 1.78. The van der Waals surface area contributed by atoms with E-state index in [4.69, 9.17) is 0 Å². The molecule has 0 unspecified atom stereocenters. The van der Waals surface area contributed by atoms with Crippen molar-refractivity contribution in [2.75, 3.05) is 26.2 Å². The number of piperidine rings is 1. The lowest BCUT2D eigenvalue weighted by atomic mass is 9.92. The van der Waals surface area contributed by atoms with Gasteiger partial charge in [-0.15, -0.1) is 0 Å². The SMILES string of the molecule is CCN(C[C@H]1CCCNC1)C1CCCCC1. The molecule has 0 aromatic carbocycles. The normalized spacial score (nSPS) is 28.5. The van der Waals surface area contributed by atoms with Gasteiger partial charge in [0.05, 0.1) is 0 Å². The summed E-state index contributed by atoms with van der Waals surface area (Å²) in [5.41, 5.74) is 0. The molecule has 0 bridgehead atoms. The maximum Gasteiger partial charge on any atom is 0.00952 e. The molecular formula is C14H28N2. The molecule has 16 heavy (non-hydrogen) atoms. The third-order valence-electron chi connectivity index (χ3n) is 4.39. The van der Waals surface area contributed by atoms with Crippen LogP contribution in [0.5, 0.6) is 0 Å². The van der Waals surface area contributed by atoms with E-state index in [-0.39, 0.29) is 0 Å². The van der Waals surface area contributed by atoms with Crippen molar-refractivity contribution < 1.29 is 0 Å². The molecule has 1 atom stereocenters. The van der Waals surface area contributed by atoms with Gasteiger partial charge in [-0.2, -0.15) is 0 Å². The zero-order chi connectivity index (χ0) is 11.2. The molecule has 2 rings (SSSR count). The maximum atomic E-state index is 3.54. The first-order valence-corrected chi connectivity index (χ1v) is 7.35. The monoisotopic (exact) mass is 224 g/mol. The van der Waals surface area contributed by atoms with E-state index in [1.807, 2.05) is 0 Å². The van der Waals surface area contributed by atoms with Gasteiger partial charge in [0.25, 0.3) is 0 Å². The molecule has 1 heterocycles. The van der Waals surface area contributed by atoms with Gasteiger partial charge in [0.2, 0.25) is 0 Å². The fourth-order valence-corrected chi connectivity index (χ4v) is 3.39. The minimum Gasteiger partial charge on any atom is -0.316 e. The minimum atomic E-state index is 0.903. The molecular weight excluding hydrogens is 196 g/mol. The van der Waals surface area contributed by atoms with Crippen molar-refractivity contribution in [3.63, 3.8) is 0 Å². The average molecular weight is 224 g/mol. The first kappa shape index (κ1) is 12.4. The Morgan fingerprint density at radius 1 is 1.06 bits per heavy atom. The van der Waals surface area contributed by atoms with Crippen molar-refractivity contribution in [3.05, 3.63) is 0 Å². The number of nitrogens with one attached hydrogen (secondary N) is 1. The van der Waals surface area contributed by atoms with Crippen LogP contribution >= 0.6 is 0 Å². The van der Waals surface area contributed by atoms with E-state index in [9.17, 15) is 0 Å². The van der Waals surface area contributed by atoms with Crippen LogP contribution in [0.1, 0.15) is 51.9 Å². The lowest BCUT2D eigenvalue weighted by Gasteiger charge is -2.37. The summed E-state index contributed by atoms with van der Waals surface area (Å²) in [4.78, 5) is 2.76. The zero-order valence-electron chi connectivity index (χ0n) is 10.9.